The molecule has 0 saturated heterocycles. The Bertz CT molecular complexity index is 335. The molecule has 0 N–H and O–H groups in total. The molecule has 1 fully saturated rings. The predicted octanol–water partition coefficient (Wildman–Crippen LogP) is 5.18. The van der Waals surface area contributed by atoms with Gasteiger partial charge in [0.2, 0.25) is 0 Å². The van der Waals surface area contributed by atoms with Crippen LogP contribution in [0.25, 0.3) is 0 Å². The van der Waals surface area contributed by atoms with Crippen molar-refractivity contribution in [1.82, 2.24) is 0 Å². The lowest BCUT2D eigenvalue weighted by atomic mass is 9.90. The van der Waals surface area contributed by atoms with Crippen molar-refractivity contribution in [2.45, 2.75) is 96.8 Å². The number of unbranched alkanes of at least 4 members (excludes halogenated alkanes) is 8. The van der Waals surface area contributed by atoms with Crippen LogP contribution in [0.5, 0.6) is 0 Å². The quantitative estimate of drug-likeness (QED) is 0.279. The SMILES string of the molecule is CCCCCCCCCCCOC(=O)C(=O)OCC1CCCCC1. The highest BCUT2D eigenvalue weighted by Crippen LogP contribution is 2.23. The smallest absolute Gasteiger partial charge is 0.417 e. The van der Waals surface area contributed by atoms with Crippen molar-refractivity contribution >= 4 is 11.9 Å². The minimum atomic E-state index is -0.828. The lowest BCUT2D eigenvalue weighted by Crippen LogP contribution is -2.24. The van der Waals surface area contributed by atoms with Crippen LogP contribution in [0.1, 0.15) is 96.8 Å². The molecule has 1 aliphatic carbocycles. The first-order valence-corrected chi connectivity index (χ1v) is 10.1. The molecule has 140 valence electrons. The second kappa shape index (κ2) is 14.3. The standard InChI is InChI=1S/C20H36O4/c1-2-3-4-5-6-7-8-9-13-16-23-19(21)20(22)24-17-18-14-11-10-12-15-18/h18H,2-17H2,1H3. The number of carbonyl (C=O) groups excluding carboxylic acids is 2. The summed E-state index contributed by atoms with van der Waals surface area (Å²) >= 11 is 0. The Morgan fingerprint density at radius 1 is 0.750 bits per heavy atom. The Hall–Kier alpha value is -1.06. The monoisotopic (exact) mass is 340 g/mol. The minimum Gasteiger partial charge on any atom is -0.457 e. The third kappa shape index (κ3) is 10.7. The summed E-state index contributed by atoms with van der Waals surface area (Å²) in [5, 5.41) is 0. The molecule has 0 spiro atoms. The Labute approximate surface area is 147 Å². The van der Waals surface area contributed by atoms with Crippen molar-refractivity contribution < 1.29 is 19.1 Å². The Morgan fingerprint density at radius 3 is 1.92 bits per heavy atom. The maximum atomic E-state index is 11.6. The van der Waals surface area contributed by atoms with Gasteiger partial charge in [-0.15, -0.1) is 0 Å². The molecule has 0 aliphatic heterocycles. The second-order valence-electron chi connectivity index (χ2n) is 7.07. The molecule has 4 heteroatoms. The first kappa shape index (κ1) is 21.0. The fourth-order valence-corrected chi connectivity index (χ4v) is 3.24. The van der Waals surface area contributed by atoms with Gasteiger partial charge in [-0.3, -0.25) is 0 Å². The van der Waals surface area contributed by atoms with Crippen LogP contribution in [0, 0.1) is 5.92 Å². The normalized spacial score (nSPS) is 15.2. The summed E-state index contributed by atoms with van der Waals surface area (Å²) in [5.41, 5.74) is 0. The van der Waals surface area contributed by atoms with Gasteiger partial charge in [0.25, 0.3) is 0 Å². The molecule has 24 heavy (non-hydrogen) atoms. The van der Waals surface area contributed by atoms with Crippen LogP contribution < -0.4 is 0 Å². The molecule has 0 heterocycles. The first-order valence-electron chi connectivity index (χ1n) is 10.1. The van der Waals surface area contributed by atoms with Crippen LogP contribution in [0.15, 0.2) is 0 Å². The van der Waals surface area contributed by atoms with E-state index in [1.54, 1.807) is 0 Å². The van der Waals surface area contributed by atoms with E-state index in [0.717, 1.165) is 25.7 Å². The Morgan fingerprint density at radius 2 is 1.29 bits per heavy atom. The Balaban J connectivity index is 1.90. The van der Waals surface area contributed by atoms with Crippen molar-refractivity contribution in [3.63, 3.8) is 0 Å². The molecule has 0 unspecified atom stereocenters. The number of carbonyl (C=O) groups is 2. The summed E-state index contributed by atoms with van der Waals surface area (Å²) in [6, 6.07) is 0. The van der Waals surface area contributed by atoms with E-state index in [1.165, 1.54) is 64.2 Å². The van der Waals surface area contributed by atoms with Gasteiger partial charge in [-0.2, -0.15) is 0 Å². The average molecular weight is 341 g/mol. The fraction of sp³-hybridized carbons (Fsp3) is 0.900. The highest BCUT2D eigenvalue weighted by Gasteiger charge is 2.20. The predicted molar refractivity (Wildman–Crippen MR) is 95.7 cm³/mol. The number of rotatable bonds is 12. The van der Waals surface area contributed by atoms with Crippen LogP contribution in [0.2, 0.25) is 0 Å². The van der Waals surface area contributed by atoms with E-state index in [0.29, 0.717) is 19.1 Å². The molecule has 0 bridgehead atoms. The third-order valence-corrected chi connectivity index (χ3v) is 4.82. The molecule has 0 radical (unpaired) electrons. The molecule has 4 nitrogen and oxygen atoms in total. The second-order valence-corrected chi connectivity index (χ2v) is 7.07. The summed E-state index contributed by atoms with van der Waals surface area (Å²) < 4.78 is 10.1. The fourth-order valence-electron chi connectivity index (χ4n) is 3.24. The van der Waals surface area contributed by atoms with Crippen molar-refractivity contribution in [1.29, 1.82) is 0 Å². The van der Waals surface area contributed by atoms with E-state index < -0.39 is 11.9 Å². The molecule has 1 rings (SSSR count). The average Bonchev–Trinajstić information content (AvgIpc) is 2.62. The molecular formula is C20H36O4. The maximum absolute atomic E-state index is 11.6. The zero-order chi connectivity index (χ0) is 17.5. The van der Waals surface area contributed by atoms with Gasteiger partial charge in [0.1, 0.15) is 0 Å². The largest absolute Gasteiger partial charge is 0.457 e. The summed E-state index contributed by atoms with van der Waals surface area (Å²) in [5.74, 6) is -1.23. The number of hydrogen-bond acceptors (Lipinski definition) is 4. The summed E-state index contributed by atoms with van der Waals surface area (Å²) in [4.78, 5) is 23.1. The first-order chi connectivity index (χ1) is 11.7. The highest BCUT2D eigenvalue weighted by atomic mass is 16.6. The van der Waals surface area contributed by atoms with Gasteiger partial charge in [0.05, 0.1) is 13.2 Å². The number of esters is 2. The molecule has 1 aliphatic rings. The van der Waals surface area contributed by atoms with Gasteiger partial charge in [-0.25, -0.2) is 9.59 Å². The molecule has 0 aromatic carbocycles. The molecule has 0 aromatic heterocycles. The van der Waals surface area contributed by atoms with Crippen molar-refractivity contribution in [2.24, 2.45) is 5.92 Å². The van der Waals surface area contributed by atoms with Crippen molar-refractivity contribution in [3.8, 4) is 0 Å². The molecular weight excluding hydrogens is 304 g/mol. The van der Waals surface area contributed by atoms with E-state index >= 15 is 0 Å². The van der Waals surface area contributed by atoms with E-state index in [4.69, 9.17) is 9.47 Å². The van der Waals surface area contributed by atoms with E-state index in [9.17, 15) is 9.59 Å². The van der Waals surface area contributed by atoms with Crippen LogP contribution >= 0.6 is 0 Å². The number of hydrogen-bond donors (Lipinski definition) is 0. The highest BCUT2D eigenvalue weighted by molar-refractivity contribution is 6.29. The van der Waals surface area contributed by atoms with E-state index in [2.05, 4.69) is 6.92 Å². The van der Waals surface area contributed by atoms with E-state index in [1.807, 2.05) is 0 Å². The van der Waals surface area contributed by atoms with Gasteiger partial charge in [-0.1, -0.05) is 77.6 Å². The third-order valence-electron chi connectivity index (χ3n) is 4.82. The van der Waals surface area contributed by atoms with E-state index in [-0.39, 0.29) is 0 Å². The molecule has 1 saturated carbocycles. The lowest BCUT2D eigenvalue weighted by molar-refractivity contribution is -0.168. The molecule has 0 amide bonds. The van der Waals surface area contributed by atoms with Crippen LogP contribution in [-0.4, -0.2) is 25.2 Å². The van der Waals surface area contributed by atoms with Gasteiger partial charge in [0, 0.05) is 0 Å². The molecule has 0 aromatic rings. The van der Waals surface area contributed by atoms with Crippen LogP contribution in [-0.2, 0) is 19.1 Å². The van der Waals surface area contributed by atoms with Gasteiger partial charge < -0.3 is 9.47 Å². The zero-order valence-corrected chi connectivity index (χ0v) is 15.5. The minimum absolute atomic E-state index is 0.327. The lowest BCUT2D eigenvalue weighted by Gasteiger charge is -2.20. The van der Waals surface area contributed by atoms with Crippen molar-refractivity contribution in [3.05, 3.63) is 0 Å². The van der Waals surface area contributed by atoms with Gasteiger partial charge in [-0.05, 0) is 25.2 Å². The van der Waals surface area contributed by atoms with Gasteiger partial charge >= 0.3 is 11.9 Å². The summed E-state index contributed by atoms with van der Waals surface area (Å²) in [6.45, 7) is 2.92. The van der Waals surface area contributed by atoms with Crippen molar-refractivity contribution in [2.75, 3.05) is 13.2 Å². The molecule has 0 atom stereocenters. The Kier molecular flexibility index (Phi) is 12.5. The topological polar surface area (TPSA) is 52.6 Å². The van der Waals surface area contributed by atoms with Crippen LogP contribution in [0.4, 0.5) is 0 Å². The zero-order valence-electron chi connectivity index (χ0n) is 15.5. The van der Waals surface area contributed by atoms with Gasteiger partial charge in [0.15, 0.2) is 0 Å². The summed E-state index contributed by atoms with van der Waals surface area (Å²) in [6.07, 6.45) is 16.8. The summed E-state index contributed by atoms with van der Waals surface area (Å²) in [7, 11) is 0. The van der Waals surface area contributed by atoms with Crippen LogP contribution in [0.3, 0.4) is 0 Å². The maximum Gasteiger partial charge on any atom is 0.417 e. The number of ether oxygens (including phenoxy) is 2.